The Hall–Kier alpha value is -1.76. The summed E-state index contributed by atoms with van der Waals surface area (Å²) in [5.74, 6) is 0.928. The first-order valence-electron chi connectivity index (χ1n) is 5.86. The van der Waals surface area contributed by atoms with Gasteiger partial charge < -0.3 is 4.74 Å². The topological polar surface area (TPSA) is 9.23 Å². The van der Waals surface area contributed by atoms with E-state index in [4.69, 9.17) is 4.74 Å². The van der Waals surface area contributed by atoms with Crippen LogP contribution in [0.25, 0.3) is 0 Å². The Morgan fingerprint density at radius 3 is 2.47 bits per heavy atom. The van der Waals surface area contributed by atoms with Gasteiger partial charge in [0.1, 0.15) is 12.4 Å². The van der Waals surface area contributed by atoms with Crippen molar-refractivity contribution >= 4 is 0 Å². The summed E-state index contributed by atoms with van der Waals surface area (Å²) in [4.78, 5) is 0. The van der Waals surface area contributed by atoms with Gasteiger partial charge in [0.2, 0.25) is 0 Å². The van der Waals surface area contributed by atoms with E-state index in [1.807, 2.05) is 31.2 Å². The van der Waals surface area contributed by atoms with Crippen molar-refractivity contribution in [3.05, 3.63) is 71.6 Å². The minimum Gasteiger partial charge on any atom is -0.489 e. The molecule has 0 aliphatic rings. The third-order valence-electron chi connectivity index (χ3n) is 2.80. The van der Waals surface area contributed by atoms with E-state index in [0.717, 1.165) is 5.75 Å². The Labute approximate surface area is 103 Å². The number of hydrogen-bond acceptors (Lipinski definition) is 1. The van der Waals surface area contributed by atoms with Gasteiger partial charge >= 0.3 is 0 Å². The van der Waals surface area contributed by atoms with Crippen molar-refractivity contribution in [3.8, 4) is 5.75 Å². The lowest BCUT2D eigenvalue weighted by Gasteiger charge is -2.09. The predicted octanol–water partition coefficient (Wildman–Crippen LogP) is 4.15. The normalized spacial score (nSPS) is 10.2. The number of aryl methyl sites for hydroxylation is 1. The van der Waals surface area contributed by atoms with E-state index in [1.54, 1.807) is 0 Å². The molecule has 1 nitrogen and oxygen atoms in total. The summed E-state index contributed by atoms with van der Waals surface area (Å²) in [6.07, 6.45) is 2.11. The molecule has 0 bridgehead atoms. The molecule has 0 unspecified atom stereocenters. The molecule has 0 aliphatic carbocycles. The van der Waals surface area contributed by atoms with Gasteiger partial charge in [-0.2, -0.15) is 0 Å². The van der Waals surface area contributed by atoms with E-state index in [0.29, 0.717) is 6.61 Å². The summed E-state index contributed by atoms with van der Waals surface area (Å²) in [6.45, 7) is 4.77. The number of hydrogen-bond donors (Lipinski definition) is 0. The van der Waals surface area contributed by atoms with Crippen molar-refractivity contribution in [2.24, 2.45) is 0 Å². The molecule has 0 heterocycles. The minimum absolute atomic E-state index is 0.621. The maximum atomic E-state index is 5.76. The summed E-state index contributed by atoms with van der Waals surface area (Å²) < 4.78 is 5.76. The molecule has 0 atom stereocenters. The van der Waals surface area contributed by atoms with Crippen molar-refractivity contribution in [1.29, 1.82) is 0 Å². The Balaban J connectivity index is 2.02. The van der Waals surface area contributed by atoms with Gasteiger partial charge in [-0.3, -0.25) is 0 Å². The summed E-state index contributed by atoms with van der Waals surface area (Å²) in [5, 5.41) is 0. The molecule has 2 rings (SSSR count). The highest BCUT2D eigenvalue weighted by molar-refractivity contribution is 5.38. The molecular weight excluding hydrogens is 208 g/mol. The molecule has 1 heteroatoms. The van der Waals surface area contributed by atoms with Crippen LogP contribution in [0.4, 0.5) is 0 Å². The lowest BCUT2D eigenvalue weighted by atomic mass is 10.1. The number of rotatable bonds is 4. The van der Waals surface area contributed by atoms with Crippen LogP contribution in [-0.4, -0.2) is 0 Å². The molecule has 2 aromatic carbocycles. The molecule has 2 aromatic rings. The molecule has 0 spiro atoms. The molecule has 1 radical (unpaired) electrons. The quantitative estimate of drug-likeness (QED) is 0.759. The van der Waals surface area contributed by atoms with Crippen LogP contribution < -0.4 is 4.74 Å². The van der Waals surface area contributed by atoms with Crippen LogP contribution in [0.1, 0.15) is 23.6 Å². The van der Waals surface area contributed by atoms with Crippen molar-refractivity contribution in [2.75, 3.05) is 0 Å². The maximum Gasteiger partial charge on any atom is 0.120 e. The third-order valence-corrected chi connectivity index (χ3v) is 2.80. The van der Waals surface area contributed by atoms with Gasteiger partial charge in [-0.05, 0) is 42.2 Å². The first-order valence-corrected chi connectivity index (χ1v) is 5.86. The van der Waals surface area contributed by atoms with E-state index in [1.165, 1.54) is 16.7 Å². The van der Waals surface area contributed by atoms with Crippen molar-refractivity contribution in [3.63, 3.8) is 0 Å². The Morgan fingerprint density at radius 1 is 1.06 bits per heavy atom. The summed E-state index contributed by atoms with van der Waals surface area (Å²) in [5.41, 5.74) is 3.70. The molecule has 0 aromatic heterocycles. The second-order valence-corrected chi connectivity index (χ2v) is 4.08. The fourth-order valence-electron chi connectivity index (χ4n) is 1.80. The minimum atomic E-state index is 0.621. The molecule has 87 valence electrons. The van der Waals surface area contributed by atoms with Crippen LogP contribution in [0, 0.1) is 13.3 Å². The molecule has 17 heavy (non-hydrogen) atoms. The van der Waals surface area contributed by atoms with Gasteiger partial charge in [0, 0.05) is 0 Å². The van der Waals surface area contributed by atoms with Crippen LogP contribution in [0.5, 0.6) is 5.75 Å². The second-order valence-electron chi connectivity index (χ2n) is 4.08. The zero-order valence-corrected chi connectivity index (χ0v) is 10.3. The SMILES string of the molecule is C[CH]c1ccc(OCc2ccccc2)cc1C. The zero-order chi connectivity index (χ0) is 12.1. The molecule has 0 fully saturated rings. The standard InChI is InChI=1S/C16H17O/c1-3-15-9-10-16(11-13(15)2)17-12-14-7-5-4-6-8-14/h3-11H,12H2,1-2H3. The van der Waals surface area contributed by atoms with Gasteiger partial charge in [-0.1, -0.05) is 43.3 Å². The van der Waals surface area contributed by atoms with Gasteiger partial charge in [-0.15, -0.1) is 0 Å². The molecule has 0 saturated carbocycles. The Morgan fingerprint density at radius 2 is 1.82 bits per heavy atom. The maximum absolute atomic E-state index is 5.76. The highest BCUT2D eigenvalue weighted by atomic mass is 16.5. The van der Waals surface area contributed by atoms with E-state index in [-0.39, 0.29) is 0 Å². The zero-order valence-electron chi connectivity index (χ0n) is 10.3. The fourth-order valence-corrected chi connectivity index (χ4v) is 1.80. The molecule has 0 N–H and O–H groups in total. The van der Waals surface area contributed by atoms with Crippen molar-refractivity contribution < 1.29 is 4.74 Å². The van der Waals surface area contributed by atoms with Gasteiger partial charge in [-0.25, -0.2) is 0 Å². The van der Waals surface area contributed by atoms with Gasteiger partial charge in [0.25, 0.3) is 0 Å². The number of benzene rings is 2. The average molecular weight is 225 g/mol. The van der Waals surface area contributed by atoms with Crippen molar-refractivity contribution in [2.45, 2.75) is 20.5 Å². The molecule has 0 saturated heterocycles. The molecule has 0 aliphatic heterocycles. The van der Waals surface area contributed by atoms with E-state index < -0.39 is 0 Å². The monoisotopic (exact) mass is 225 g/mol. The highest BCUT2D eigenvalue weighted by Crippen LogP contribution is 2.19. The summed E-state index contributed by atoms with van der Waals surface area (Å²) in [6, 6.07) is 16.4. The van der Waals surface area contributed by atoms with Crippen LogP contribution in [-0.2, 0) is 6.61 Å². The smallest absolute Gasteiger partial charge is 0.120 e. The second kappa shape index (κ2) is 5.53. The highest BCUT2D eigenvalue weighted by Gasteiger charge is 1.99. The first-order chi connectivity index (χ1) is 8.29. The molecular formula is C16H17O. The van der Waals surface area contributed by atoms with Crippen LogP contribution >= 0.6 is 0 Å². The van der Waals surface area contributed by atoms with E-state index in [2.05, 4.69) is 37.6 Å². The summed E-state index contributed by atoms with van der Waals surface area (Å²) in [7, 11) is 0. The lowest BCUT2D eigenvalue weighted by Crippen LogP contribution is -1.96. The fraction of sp³-hybridized carbons (Fsp3) is 0.188. The van der Waals surface area contributed by atoms with E-state index >= 15 is 0 Å². The van der Waals surface area contributed by atoms with Crippen LogP contribution in [0.3, 0.4) is 0 Å². The largest absolute Gasteiger partial charge is 0.489 e. The number of ether oxygens (including phenoxy) is 1. The summed E-state index contributed by atoms with van der Waals surface area (Å²) >= 11 is 0. The van der Waals surface area contributed by atoms with Gasteiger partial charge in [0.15, 0.2) is 0 Å². The van der Waals surface area contributed by atoms with E-state index in [9.17, 15) is 0 Å². The van der Waals surface area contributed by atoms with Crippen molar-refractivity contribution in [1.82, 2.24) is 0 Å². The third kappa shape index (κ3) is 3.10. The lowest BCUT2D eigenvalue weighted by molar-refractivity contribution is 0.306. The Kier molecular flexibility index (Phi) is 3.81. The first kappa shape index (κ1) is 11.7. The Bertz CT molecular complexity index is 474. The predicted molar refractivity (Wildman–Crippen MR) is 71.0 cm³/mol. The van der Waals surface area contributed by atoms with Crippen LogP contribution in [0.2, 0.25) is 0 Å². The van der Waals surface area contributed by atoms with Crippen LogP contribution in [0.15, 0.2) is 48.5 Å². The van der Waals surface area contributed by atoms with Gasteiger partial charge in [0.05, 0.1) is 0 Å². The molecule has 0 amide bonds. The average Bonchev–Trinajstić information content (AvgIpc) is 2.38.